The van der Waals surface area contributed by atoms with E-state index in [1.165, 1.54) is 30.6 Å². The fourth-order valence-corrected chi connectivity index (χ4v) is 6.65. The Kier molecular flexibility index (Phi) is 14.7. The first-order valence-electron chi connectivity index (χ1n) is 16.8. The molecule has 49 heavy (non-hydrogen) atoms. The number of piperidine rings is 1. The molecule has 0 radical (unpaired) electrons. The van der Waals surface area contributed by atoms with E-state index in [4.69, 9.17) is 23.7 Å². The van der Waals surface area contributed by atoms with Gasteiger partial charge in [0, 0.05) is 32.6 Å². The van der Waals surface area contributed by atoms with E-state index < -0.39 is 12.3 Å². The van der Waals surface area contributed by atoms with Gasteiger partial charge in [-0.25, -0.2) is 9.59 Å². The number of hydrogen-bond acceptors (Lipinski definition) is 10. The molecule has 0 atom stereocenters. The Balaban J connectivity index is 0.00000541. The van der Waals surface area contributed by atoms with Gasteiger partial charge in [-0.05, 0) is 111 Å². The lowest BCUT2D eigenvalue weighted by Gasteiger charge is -2.26. The summed E-state index contributed by atoms with van der Waals surface area (Å²) in [5, 5.41) is 0.730. The molecule has 2 heterocycles. The Hall–Kier alpha value is -4.12. The maximum Gasteiger partial charge on any atom is 0.513 e. The minimum atomic E-state index is -0.766. The minimum Gasteiger partial charge on any atom is -0.492 e. The molecule has 1 saturated heterocycles. The Morgan fingerprint density at radius 1 is 0.714 bits per heavy atom. The topological polar surface area (TPSA) is 101 Å². The Bertz CT molecular complexity index is 1670. The average molecular weight is 710 g/mol. The van der Waals surface area contributed by atoms with Gasteiger partial charge in [-0.2, -0.15) is 0 Å². The summed E-state index contributed by atoms with van der Waals surface area (Å²) in [5.41, 5.74) is 1.82. The molecule has 0 bridgehead atoms. The van der Waals surface area contributed by atoms with Crippen LogP contribution in [0.1, 0.15) is 74.7 Å². The van der Waals surface area contributed by atoms with Crippen molar-refractivity contribution < 1.29 is 38.1 Å². The minimum absolute atomic E-state index is 0. The maximum absolute atomic E-state index is 14.2. The number of unbranched alkanes of at least 4 members (excludes halogenated alkanes) is 2. The normalized spacial score (nSPS) is 12.9. The van der Waals surface area contributed by atoms with Crippen molar-refractivity contribution >= 4 is 51.9 Å². The van der Waals surface area contributed by atoms with Crippen LogP contribution in [0, 0.1) is 0 Å². The van der Waals surface area contributed by atoms with Crippen molar-refractivity contribution in [3.8, 4) is 27.7 Å². The van der Waals surface area contributed by atoms with Gasteiger partial charge < -0.3 is 23.7 Å². The van der Waals surface area contributed by atoms with Crippen LogP contribution in [0.15, 0.2) is 66.7 Å². The van der Waals surface area contributed by atoms with Crippen LogP contribution in [0.2, 0.25) is 0 Å². The van der Waals surface area contributed by atoms with E-state index in [-0.39, 0.29) is 24.8 Å². The lowest BCUT2D eigenvalue weighted by atomic mass is 9.97. The van der Waals surface area contributed by atoms with Crippen molar-refractivity contribution in [2.45, 2.75) is 58.8 Å². The molecule has 5 rings (SSSR count). The third kappa shape index (κ3) is 10.7. The zero-order chi connectivity index (χ0) is 33.7. The molecule has 0 N–H and O–H groups in total. The number of nitrogens with zero attached hydrogens (tertiary/aromatic N) is 1. The highest BCUT2D eigenvalue weighted by Gasteiger charge is 2.23. The van der Waals surface area contributed by atoms with Gasteiger partial charge in [-0.3, -0.25) is 9.69 Å². The number of ketones is 1. The number of benzene rings is 3. The van der Waals surface area contributed by atoms with E-state index >= 15 is 0 Å². The summed E-state index contributed by atoms with van der Waals surface area (Å²) in [5.74, 6) is 1.23. The molecule has 0 unspecified atom stereocenters. The number of halogens is 1. The summed E-state index contributed by atoms with van der Waals surface area (Å²) in [6.07, 6.45) is 5.58. The highest BCUT2D eigenvalue weighted by molar-refractivity contribution is 7.22. The van der Waals surface area contributed by atoms with Crippen LogP contribution in [0.3, 0.4) is 0 Å². The molecule has 0 spiro atoms. The molecule has 4 aromatic rings. The summed E-state index contributed by atoms with van der Waals surface area (Å²) >= 11 is 1.41. The van der Waals surface area contributed by atoms with Gasteiger partial charge in [-0.1, -0.05) is 33.1 Å². The molecular formula is C38H44ClNO8S. The molecule has 1 aromatic heterocycles. The van der Waals surface area contributed by atoms with Gasteiger partial charge >= 0.3 is 12.3 Å². The fourth-order valence-electron chi connectivity index (χ4n) is 5.42. The van der Waals surface area contributed by atoms with Gasteiger partial charge in [0.05, 0.1) is 13.2 Å². The van der Waals surface area contributed by atoms with Crippen LogP contribution in [0.25, 0.3) is 20.5 Å². The number of fused-ring (bicyclic) bond motifs is 1. The number of ether oxygens (including phenoxy) is 5. The smallest absolute Gasteiger partial charge is 0.492 e. The molecule has 1 fully saturated rings. The Morgan fingerprint density at radius 3 is 1.94 bits per heavy atom. The lowest BCUT2D eigenvalue weighted by molar-refractivity contribution is 0.0968. The van der Waals surface area contributed by atoms with Crippen LogP contribution in [-0.2, 0) is 9.47 Å². The average Bonchev–Trinajstić information content (AvgIpc) is 3.48. The number of likely N-dealkylation sites (tertiary alicyclic amines) is 1. The maximum atomic E-state index is 14.2. The zero-order valence-electron chi connectivity index (χ0n) is 28.1. The molecular weight excluding hydrogens is 666 g/mol. The van der Waals surface area contributed by atoms with Crippen molar-refractivity contribution in [3.63, 3.8) is 0 Å². The van der Waals surface area contributed by atoms with Crippen molar-refractivity contribution in [2.75, 3.05) is 39.5 Å². The van der Waals surface area contributed by atoms with E-state index in [1.54, 1.807) is 54.6 Å². The number of carbonyl (C=O) groups is 3. The summed E-state index contributed by atoms with van der Waals surface area (Å²) in [6, 6.07) is 19.4. The largest absolute Gasteiger partial charge is 0.513 e. The highest BCUT2D eigenvalue weighted by Crippen LogP contribution is 2.42. The van der Waals surface area contributed by atoms with Crippen LogP contribution in [0.4, 0.5) is 9.59 Å². The number of rotatable bonds is 15. The molecule has 3 aromatic carbocycles. The monoisotopic (exact) mass is 709 g/mol. The summed E-state index contributed by atoms with van der Waals surface area (Å²) in [7, 11) is 0. The molecule has 1 aliphatic heterocycles. The molecule has 0 saturated carbocycles. The number of hydrogen-bond donors (Lipinski definition) is 0. The van der Waals surface area contributed by atoms with Gasteiger partial charge in [0.1, 0.15) is 23.9 Å². The van der Waals surface area contributed by atoms with Crippen molar-refractivity contribution in [1.82, 2.24) is 4.90 Å². The fraction of sp³-hybridized carbons (Fsp3) is 0.395. The van der Waals surface area contributed by atoms with Crippen LogP contribution in [-0.4, -0.2) is 62.4 Å². The van der Waals surface area contributed by atoms with Crippen LogP contribution in [0.5, 0.6) is 17.2 Å². The van der Waals surface area contributed by atoms with Crippen molar-refractivity contribution in [2.24, 2.45) is 0 Å². The first kappa shape index (κ1) is 37.7. The van der Waals surface area contributed by atoms with E-state index in [2.05, 4.69) is 4.90 Å². The SMILES string of the molecule is CCCCOC(=O)Oc1ccc(-c2sc3cc(OC(=O)OCCCC)ccc3c2C(=O)c2ccc(OCCN3CCCCC3)cc2)cc1.Cl. The summed E-state index contributed by atoms with van der Waals surface area (Å²) in [4.78, 5) is 41.6. The summed E-state index contributed by atoms with van der Waals surface area (Å²) in [6.45, 7) is 8.33. The van der Waals surface area contributed by atoms with E-state index in [0.29, 0.717) is 35.8 Å². The number of thiophene rings is 1. The molecule has 262 valence electrons. The van der Waals surface area contributed by atoms with Gasteiger partial charge in [-0.15, -0.1) is 23.7 Å². The quantitative estimate of drug-likeness (QED) is 0.0517. The number of carbonyl (C=O) groups excluding carboxylic acids is 3. The van der Waals surface area contributed by atoms with Gasteiger partial charge in [0.15, 0.2) is 5.78 Å². The van der Waals surface area contributed by atoms with Crippen molar-refractivity contribution in [3.05, 3.63) is 77.9 Å². The van der Waals surface area contributed by atoms with E-state index in [9.17, 15) is 14.4 Å². The molecule has 0 aliphatic carbocycles. The first-order valence-corrected chi connectivity index (χ1v) is 17.6. The molecule has 1 aliphatic rings. The lowest BCUT2D eigenvalue weighted by Crippen LogP contribution is -2.33. The third-order valence-corrected chi connectivity index (χ3v) is 9.29. The standard InChI is InChI=1S/C38H43NO8S.ClH/c1-3-5-23-44-37(41)46-30-16-12-28(13-17-30)36-34(32-19-18-31(26-33(32)48-36)47-38(42)45-24-6-4-2)35(40)27-10-14-29(15-11-27)43-25-22-39-20-8-7-9-21-39;/h10-19,26H,3-9,20-25H2,1-2H3;1H. The second-order valence-corrected chi connectivity index (χ2v) is 12.8. The third-order valence-electron chi connectivity index (χ3n) is 8.08. The Morgan fingerprint density at radius 2 is 1.31 bits per heavy atom. The van der Waals surface area contributed by atoms with Gasteiger partial charge in [0.2, 0.25) is 0 Å². The Labute approximate surface area is 297 Å². The molecule has 11 heteroatoms. The second-order valence-electron chi connectivity index (χ2n) is 11.7. The molecule has 9 nitrogen and oxygen atoms in total. The van der Waals surface area contributed by atoms with Crippen LogP contribution < -0.4 is 14.2 Å². The zero-order valence-corrected chi connectivity index (χ0v) is 29.7. The second kappa shape index (κ2) is 19.2. The summed E-state index contributed by atoms with van der Waals surface area (Å²) < 4.78 is 27.8. The molecule has 0 amide bonds. The van der Waals surface area contributed by atoms with Gasteiger partial charge in [0.25, 0.3) is 0 Å². The highest BCUT2D eigenvalue weighted by atomic mass is 35.5. The van der Waals surface area contributed by atoms with E-state index in [0.717, 1.165) is 71.6 Å². The van der Waals surface area contributed by atoms with Crippen LogP contribution >= 0.6 is 23.7 Å². The predicted octanol–water partition coefficient (Wildman–Crippen LogP) is 9.72. The first-order chi connectivity index (χ1) is 23.4. The van der Waals surface area contributed by atoms with Crippen molar-refractivity contribution in [1.29, 1.82) is 0 Å². The van der Waals surface area contributed by atoms with E-state index in [1.807, 2.05) is 26.0 Å². The predicted molar refractivity (Wildman–Crippen MR) is 194 cm³/mol.